The SMILES string of the molecule is C[C@@H](O)[C@@H](CO)Nc1nc(Oc2ccc(F)cc2F)nc2n[nH]c(-c3ccccc3Cl)c12. The highest BCUT2D eigenvalue weighted by Gasteiger charge is 2.23. The Kier molecular flexibility index (Phi) is 6.17. The van der Waals surface area contributed by atoms with Gasteiger partial charge in [-0.3, -0.25) is 5.10 Å². The van der Waals surface area contributed by atoms with Crippen molar-refractivity contribution in [2.75, 3.05) is 11.9 Å². The Morgan fingerprint density at radius 2 is 1.97 bits per heavy atom. The molecule has 0 fully saturated rings. The molecule has 4 rings (SSSR count). The fourth-order valence-corrected chi connectivity index (χ4v) is 3.29. The maximum Gasteiger partial charge on any atom is 0.326 e. The number of H-pyrrole nitrogens is 1. The summed E-state index contributed by atoms with van der Waals surface area (Å²) in [4.78, 5) is 8.49. The lowest BCUT2D eigenvalue weighted by molar-refractivity contribution is 0.132. The van der Waals surface area contributed by atoms with Crippen molar-refractivity contribution in [1.82, 2.24) is 20.2 Å². The third-order valence-electron chi connectivity index (χ3n) is 4.73. The van der Waals surface area contributed by atoms with Gasteiger partial charge in [-0.15, -0.1) is 0 Å². The van der Waals surface area contributed by atoms with Gasteiger partial charge in [-0.25, -0.2) is 8.78 Å². The first-order chi connectivity index (χ1) is 15.4. The number of aromatic amines is 1. The number of hydrogen-bond donors (Lipinski definition) is 4. The molecule has 0 radical (unpaired) electrons. The van der Waals surface area contributed by atoms with Crippen LogP contribution in [0.2, 0.25) is 5.02 Å². The number of aliphatic hydroxyl groups is 2. The number of anilines is 1. The van der Waals surface area contributed by atoms with E-state index in [0.29, 0.717) is 27.7 Å². The number of nitrogens with one attached hydrogen (secondary N) is 2. The summed E-state index contributed by atoms with van der Waals surface area (Å²) in [6.07, 6.45) is -0.931. The lowest BCUT2D eigenvalue weighted by Gasteiger charge is -2.20. The van der Waals surface area contributed by atoms with Crippen LogP contribution < -0.4 is 10.1 Å². The topological polar surface area (TPSA) is 116 Å². The predicted molar refractivity (Wildman–Crippen MR) is 115 cm³/mol. The molecule has 0 saturated heterocycles. The number of ether oxygens (including phenoxy) is 1. The van der Waals surface area contributed by atoms with Gasteiger partial charge in [0, 0.05) is 16.7 Å². The lowest BCUT2D eigenvalue weighted by Crippen LogP contribution is -2.35. The third-order valence-corrected chi connectivity index (χ3v) is 5.06. The molecule has 2 atom stereocenters. The average Bonchev–Trinajstić information content (AvgIpc) is 3.18. The molecular weight excluding hydrogens is 444 g/mol. The molecule has 2 aromatic carbocycles. The summed E-state index contributed by atoms with van der Waals surface area (Å²) in [6, 6.07) is 8.82. The van der Waals surface area contributed by atoms with Crippen molar-refractivity contribution in [2.45, 2.75) is 19.1 Å². The van der Waals surface area contributed by atoms with Crippen LogP contribution in [-0.4, -0.2) is 49.1 Å². The number of fused-ring (bicyclic) bond motifs is 1. The van der Waals surface area contributed by atoms with E-state index in [-0.39, 0.29) is 23.2 Å². The molecule has 0 aliphatic rings. The fraction of sp³-hybridized carbons (Fsp3) is 0.190. The fourth-order valence-electron chi connectivity index (χ4n) is 3.06. The van der Waals surface area contributed by atoms with Crippen LogP contribution in [0.25, 0.3) is 22.3 Å². The molecule has 0 saturated carbocycles. The number of nitrogens with zero attached hydrogens (tertiary/aromatic N) is 3. The van der Waals surface area contributed by atoms with Crippen molar-refractivity contribution in [1.29, 1.82) is 0 Å². The van der Waals surface area contributed by atoms with Gasteiger partial charge in [0.15, 0.2) is 17.2 Å². The van der Waals surface area contributed by atoms with E-state index in [2.05, 4.69) is 25.5 Å². The Morgan fingerprint density at radius 3 is 2.66 bits per heavy atom. The summed E-state index contributed by atoms with van der Waals surface area (Å²) in [7, 11) is 0. The van der Waals surface area contributed by atoms with Crippen molar-refractivity contribution in [3.63, 3.8) is 0 Å². The number of aromatic nitrogens is 4. The van der Waals surface area contributed by atoms with Gasteiger partial charge in [0.25, 0.3) is 0 Å². The quantitative estimate of drug-likeness (QED) is 0.330. The van der Waals surface area contributed by atoms with Crippen LogP contribution in [0.5, 0.6) is 11.8 Å². The Bertz CT molecular complexity index is 1270. The normalized spacial score (nSPS) is 13.2. The highest BCUT2D eigenvalue weighted by atomic mass is 35.5. The van der Waals surface area contributed by atoms with E-state index < -0.39 is 30.4 Å². The molecule has 0 bridgehead atoms. The Balaban J connectivity index is 1.85. The van der Waals surface area contributed by atoms with Crippen molar-refractivity contribution < 1.29 is 23.7 Å². The van der Waals surface area contributed by atoms with Crippen LogP contribution in [0.4, 0.5) is 14.6 Å². The van der Waals surface area contributed by atoms with E-state index in [4.69, 9.17) is 16.3 Å². The van der Waals surface area contributed by atoms with Crippen molar-refractivity contribution >= 4 is 28.5 Å². The first-order valence-electron chi connectivity index (χ1n) is 9.56. The second kappa shape index (κ2) is 9.03. The highest BCUT2D eigenvalue weighted by Crippen LogP contribution is 2.36. The largest absolute Gasteiger partial charge is 0.421 e. The molecular formula is C21H18ClF2N5O3. The van der Waals surface area contributed by atoms with E-state index in [9.17, 15) is 19.0 Å². The van der Waals surface area contributed by atoms with Crippen LogP contribution in [0.3, 0.4) is 0 Å². The molecule has 0 aliphatic heterocycles. The molecule has 11 heteroatoms. The Labute approximate surface area is 185 Å². The molecule has 8 nitrogen and oxygen atoms in total. The van der Waals surface area contributed by atoms with E-state index >= 15 is 0 Å². The first kappa shape index (κ1) is 21.9. The van der Waals surface area contributed by atoms with Crippen molar-refractivity contribution in [3.8, 4) is 23.0 Å². The van der Waals surface area contributed by atoms with Gasteiger partial charge in [-0.05, 0) is 25.1 Å². The number of benzene rings is 2. The molecule has 4 N–H and O–H groups in total. The molecule has 166 valence electrons. The molecule has 0 unspecified atom stereocenters. The summed E-state index contributed by atoms with van der Waals surface area (Å²) in [5.41, 5.74) is 1.28. The standard InChI is InChI=1S/C21H18ClF2N5O3/c1-10(31)15(9-30)25-19-17-18(12-4-2-3-5-13(12)22)28-29-20(17)27-21(26-19)32-16-7-6-11(23)8-14(16)24/h2-8,10,15,30-31H,9H2,1H3,(H2,25,26,27,28,29)/t10-,15-/m1/s1. The first-order valence-corrected chi connectivity index (χ1v) is 9.94. The van der Waals surface area contributed by atoms with Crippen molar-refractivity contribution in [3.05, 3.63) is 59.1 Å². The van der Waals surface area contributed by atoms with E-state index in [1.54, 1.807) is 24.3 Å². The zero-order valence-corrected chi connectivity index (χ0v) is 17.4. The zero-order valence-electron chi connectivity index (χ0n) is 16.7. The predicted octanol–water partition coefficient (Wildman–Crippen LogP) is 3.90. The molecule has 32 heavy (non-hydrogen) atoms. The van der Waals surface area contributed by atoms with Gasteiger partial charge in [0.1, 0.15) is 11.6 Å². The number of rotatable bonds is 7. The zero-order chi connectivity index (χ0) is 22.8. The van der Waals surface area contributed by atoms with E-state index in [1.807, 2.05) is 0 Å². The van der Waals surface area contributed by atoms with Gasteiger partial charge in [-0.1, -0.05) is 29.8 Å². The van der Waals surface area contributed by atoms with Gasteiger partial charge in [-0.2, -0.15) is 15.1 Å². The van der Waals surface area contributed by atoms with Crippen LogP contribution in [-0.2, 0) is 0 Å². The van der Waals surface area contributed by atoms with Crippen LogP contribution in [0.1, 0.15) is 6.92 Å². The average molecular weight is 462 g/mol. The lowest BCUT2D eigenvalue weighted by atomic mass is 10.1. The molecule has 4 aromatic rings. The number of halogens is 3. The van der Waals surface area contributed by atoms with Crippen LogP contribution in [0.15, 0.2) is 42.5 Å². The number of aliphatic hydroxyl groups excluding tert-OH is 2. The maximum atomic E-state index is 14.1. The van der Waals surface area contributed by atoms with Crippen LogP contribution in [0, 0.1) is 11.6 Å². The summed E-state index contributed by atoms with van der Waals surface area (Å²) in [5, 5.41) is 30.5. The van der Waals surface area contributed by atoms with Crippen LogP contribution >= 0.6 is 11.6 Å². The minimum Gasteiger partial charge on any atom is -0.421 e. The molecule has 0 amide bonds. The number of hydrogen-bond acceptors (Lipinski definition) is 7. The summed E-state index contributed by atoms with van der Waals surface area (Å²) >= 11 is 6.33. The highest BCUT2D eigenvalue weighted by molar-refractivity contribution is 6.33. The van der Waals surface area contributed by atoms with E-state index in [0.717, 1.165) is 12.1 Å². The van der Waals surface area contributed by atoms with Gasteiger partial charge in [0.2, 0.25) is 0 Å². The monoisotopic (exact) mass is 461 g/mol. The van der Waals surface area contributed by atoms with E-state index in [1.165, 1.54) is 6.92 Å². The third kappa shape index (κ3) is 4.33. The Hall–Kier alpha value is -3.34. The summed E-state index contributed by atoms with van der Waals surface area (Å²) < 4.78 is 32.7. The molecule has 0 aliphatic carbocycles. The van der Waals surface area contributed by atoms with Gasteiger partial charge >= 0.3 is 6.01 Å². The maximum absolute atomic E-state index is 14.1. The second-order valence-corrected chi connectivity index (χ2v) is 7.39. The van der Waals surface area contributed by atoms with Crippen molar-refractivity contribution in [2.24, 2.45) is 0 Å². The van der Waals surface area contributed by atoms with Gasteiger partial charge in [0.05, 0.1) is 29.8 Å². The second-order valence-electron chi connectivity index (χ2n) is 6.98. The summed E-state index contributed by atoms with van der Waals surface area (Å²) in [5.74, 6) is -1.81. The smallest absolute Gasteiger partial charge is 0.326 e. The molecule has 0 spiro atoms. The van der Waals surface area contributed by atoms with Gasteiger partial charge < -0.3 is 20.3 Å². The minimum absolute atomic E-state index is 0.163. The minimum atomic E-state index is -0.931. The Morgan fingerprint density at radius 1 is 1.19 bits per heavy atom. The molecule has 2 heterocycles. The molecule has 2 aromatic heterocycles. The summed E-state index contributed by atoms with van der Waals surface area (Å²) in [6.45, 7) is 1.10.